The van der Waals surface area contributed by atoms with Crippen molar-refractivity contribution >= 4 is 16.1 Å². The molecule has 2 atom stereocenters. The van der Waals surface area contributed by atoms with Crippen LogP contribution in [0, 0.1) is 0 Å². The molecule has 0 bridgehead atoms. The number of aryl methyl sites for hydroxylation is 1. The van der Waals surface area contributed by atoms with Crippen LogP contribution in [0.1, 0.15) is 25.8 Å². The summed E-state index contributed by atoms with van der Waals surface area (Å²) >= 11 is 3.66. The zero-order valence-corrected chi connectivity index (χ0v) is 16.5. The molecule has 146 valence electrons. The molecule has 2 aromatic carbocycles. The van der Waals surface area contributed by atoms with Crippen molar-refractivity contribution < 1.29 is 34.8 Å². The Labute approximate surface area is 167 Å². The van der Waals surface area contributed by atoms with E-state index in [2.05, 4.69) is 37.3 Å². The fourth-order valence-electron chi connectivity index (χ4n) is 2.49. The van der Waals surface area contributed by atoms with Gasteiger partial charge in [-0.05, 0) is 43.4 Å². The Morgan fingerprint density at radius 3 is 2.19 bits per heavy atom. The Bertz CT molecular complexity index is 659. The number of hydrogen-bond donors (Lipinski definition) is 2. The maximum absolute atomic E-state index is 11.7. The van der Waals surface area contributed by atoms with Gasteiger partial charge in [0.05, 0.1) is 12.7 Å². The molecular weight excluding hydrogens is 403 g/mol. The summed E-state index contributed by atoms with van der Waals surface area (Å²) < 4.78 is 4.80. The van der Waals surface area contributed by atoms with Gasteiger partial charge in [-0.25, -0.2) is 4.79 Å². The summed E-state index contributed by atoms with van der Waals surface area (Å²) in [6, 6.07) is 18.1. The first-order valence-electron chi connectivity index (χ1n) is 8.28. The first-order valence-corrected chi connectivity index (χ1v) is 9.58. The van der Waals surface area contributed by atoms with E-state index in [1.807, 2.05) is 42.5 Å². The van der Waals surface area contributed by atoms with Gasteiger partial charge < -0.3 is 14.9 Å². The molecule has 0 saturated carbocycles. The summed E-state index contributed by atoms with van der Waals surface area (Å²) in [7, 11) is 4.20. The average molecular weight is 427 g/mol. The third-order valence-electron chi connectivity index (χ3n) is 4.11. The van der Waals surface area contributed by atoms with Gasteiger partial charge in [-0.3, -0.25) is 0 Å². The number of hydrogen-bond acceptors (Lipinski definition) is 4. The Morgan fingerprint density at radius 2 is 1.65 bits per heavy atom. The first kappa shape index (κ1) is 22.7. The van der Waals surface area contributed by atoms with Gasteiger partial charge in [0.15, 0.2) is 5.60 Å². The maximum atomic E-state index is 11.7. The number of carbonyl (C=O) groups is 1. The third-order valence-corrected chi connectivity index (χ3v) is 4.11. The minimum atomic E-state index is -1.89. The van der Waals surface area contributed by atoms with E-state index in [0.29, 0.717) is 6.42 Å². The molecular formula is C20H24ClCuO4. The van der Waals surface area contributed by atoms with E-state index in [-0.39, 0.29) is 13.0 Å². The van der Waals surface area contributed by atoms with Gasteiger partial charge in [-0.2, -0.15) is 0 Å². The summed E-state index contributed by atoms with van der Waals surface area (Å²) in [4.78, 5) is 11.7. The molecule has 0 radical (unpaired) electrons. The quantitative estimate of drug-likeness (QED) is 0.523. The number of benzene rings is 2. The van der Waals surface area contributed by atoms with E-state index < -0.39 is 17.7 Å². The van der Waals surface area contributed by atoms with Crippen LogP contribution in [-0.2, 0) is 31.1 Å². The van der Waals surface area contributed by atoms with Gasteiger partial charge in [-0.1, -0.05) is 54.6 Å². The molecule has 0 spiro atoms. The molecule has 2 aromatic rings. The fraction of sp³-hybridized carbons (Fsp3) is 0.350. The minimum absolute atomic E-state index is 0.169. The number of ether oxygens (including phenoxy) is 1. The van der Waals surface area contributed by atoms with E-state index >= 15 is 0 Å². The van der Waals surface area contributed by atoms with Crippen molar-refractivity contribution in [2.75, 3.05) is 6.61 Å². The van der Waals surface area contributed by atoms with Crippen molar-refractivity contribution in [2.45, 2.75) is 38.4 Å². The molecule has 0 fully saturated rings. The molecule has 2 unspecified atom stereocenters. The van der Waals surface area contributed by atoms with Gasteiger partial charge in [0, 0.05) is 0 Å². The van der Waals surface area contributed by atoms with Crippen LogP contribution in [0.2, 0.25) is 0 Å². The Hall–Kier alpha value is -1.36. The van der Waals surface area contributed by atoms with Crippen molar-refractivity contribution in [3.63, 3.8) is 0 Å². The van der Waals surface area contributed by atoms with Crippen molar-refractivity contribution in [1.82, 2.24) is 0 Å². The summed E-state index contributed by atoms with van der Waals surface area (Å²) in [6.07, 6.45) is -0.340. The van der Waals surface area contributed by atoms with Crippen LogP contribution in [0.3, 0.4) is 0 Å². The number of rotatable bonds is 7. The SMILES string of the molecule is CCOC(=O)C(C)(O)C(O)CCc1ccc(-c2ccccc2)cc1.[Cl][Cu]. The summed E-state index contributed by atoms with van der Waals surface area (Å²) in [6.45, 7) is 3.12. The number of esters is 1. The second-order valence-electron chi connectivity index (χ2n) is 5.99. The van der Waals surface area contributed by atoms with Crippen molar-refractivity contribution in [1.29, 1.82) is 0 Å². The van der Waals surface area contributed by atoms with Crippen LogP contribution in [0.25, 0.3) is 11.1 Å². The van der Waals surface area contributed by atoms with Crippen LogP contribution in [0.4, 0.5) is 0 Å². The van der Waals surface area contributed by atoms with E-state index in [4.69, 9.17) is 4.74 Å². The van der Waals surface area contributed by atoms with Gasteiger partial charge in [0.2, 0.25) is 0 Å². The summed E-state index contributed by atoms with van der Waals surface area (Å²) in [5.41, 5.74) is 1.42. The summed E-state index contributed by atoms with van der Waals surface area (Å²) in [5.74, 6) is -0.795. The molecule has 0 aliphatic rings. The molecule has 2 N–H and O–H groups in total. The van der Waals surface area contributed by atoms with Gasteiger partial charge in [0.25, 0.3) is 0 Å². The molecule has 6 heteroatoms. The van der Waals surface area contributed by atoms with E-state index in [0.717, 1.165) is 16.7 Å². The van der Waals surface area contributed by atoms with Crippen molar-refractivity contribution in [2.24, 2.45) is 0 Å². The number of aliphatic hydroxyl groups excluding tert-OH is 1. The monoisotopic (exact) mass is 426 g/mol. The van der Waals surface area contributed by atoms with Gasteiger partial charge in [0.1, 0.15) is 0 Å². The van der Waals surface area contributed by atoms with Crippen molar-refractivity contribution in [3.8, 4) is 11.1 Å². The average Bonchev–Trinajstić information content (AvgIpc) is 2.69. The predicted molar refractivity (Wildman–Crippen MR) is 99.3 cm³/mol. The van der Waals surface area contributed by atoms with E-state index in [1.54, 1.807) is 6.92 Å². The Kier molecular flexibility index (Phi) is 9.92. The number of halogens is 1. The molecule has 0 heterocycles. The Balaban J connectivity index is 0.00000163. The zero-order chi connectivity index (χ0) is 19.6. The number of aliphatic hydroxyl groups is 2. The van der Waals surface area contributed by atoms with Gasteiger partial charge in [-0.15, -0.1) is 0 Å². The topological polar surface area (TPSA) is 66.8 Å². The van der Waals surface area contributed by atoms with E-state index in [9.17, 15) is 15.0 Å². The predicted octanol–water partition coefficient (Wildman–Crippen LogP) is 3.65. The third kappa shape index (κ3) is 6.42. The molecule has 0 amide bonds. The zero-order valence-electron chi connectivity index (χ0n) is 14.8. The molecule has 4 nitrogen and oxygen atoms in total. The Morgan fingerprint density at radius 1 is 1.12 bits per heavy atom. The molecule has 0 saturated heterocycles. The van der Waals surface area contributed by atoms with Crippen LogP contribution >= 0.6 is 10.1 Å². The normalized spacial score (nSPS) is 13.8. The second-order valence-corrected chi connectivity index (χ2v) is 5.99. The van der Waals surface area contributed by atoms with Gasteiger partial charge >= 0.3 is 31.2 Å². The van der Waals surface area contributed by atoms with Crippen LogP contribution in [-0.4, -0.2) is 34.5 Å². The van der Waals surface area contributed by atoms with Crippen LogP contribution < -0.4 is 0 Å². The summed E-state index contributed by atoms with van der Waals surface area (Å²) in [5, 5.41) is 20.2. The van der Waals surface area contributed by atoms with Crippen LogP contribution in [0.5, 0.6) is 0 Å². The first-order chi connectivity index (χ1) is 12.4. The molecule has 0 aliphatic carbocycles. The molecule has 0 aliphatic heterocycles. The van der Waals surface area contributed by atoms with Crippen LogP contribution in [0.15, 0.2) is 54.6 Å². The standard InChI is InChI=1S/C20H24O4.ClH.Cu/c1-3-24-19(22)20(2,23)18(21)14-11-15-9-12-17(13-10-15)16-7-5-4-6-8-16;;/h4-10,12-13,18,21,23H,3,11,14H2,1-2H3;1H;/q;;+1/p-1. The molecule has 26 heavy (non-hydrogen) atoms. The molecule has 2 rings (SSSR count). The van der Waals surface area contributed by atoms with Crippen molar-refractivity contribution in [3.05, 3.63) is 60.2 Å². The number of carbonyl (C=O) groups excluding carboxylic acids is 1. The molecule has 0 aromatic heterocycles. The van der Waals surface area contributed by atoms with E-state index in [1.165, 1.54) is 6.92 Å². The fourth-order valence-corrected chi connectivity index (χ4v) is 2.49. The second kappa shape index (κ2) is 11.4.